The molecule has 1 fully saturated rings. The van der Waals surface area contributed by atoms with Gasteiger partial charge in [-0.05, 0) is 62.8 Å². The van der Waals surface area contributed by atoms with Crippen molar-refractivity contribution in [3.63, 3.8) is 0 Å². The maximum Gasteiger partial charge on any atom is 0.128 e. The Balaban J connectivity index is 2.47. The topological polar surface area (TPSA) is 27.1 Å². The van der Waals surface area contributed by atoms with Gasteiger partial charge in [-0.1, -0.05) is 52.0 Å². The van der Waals surface area contributed by atoms with Gasteiger partial charge in [0.15, 0.2) is 0 Å². The molecule has 1 saturated carbocycles. The summed E-state index contributed by atoms with van der Waals surface area (Å²) in [5.41, 5.74) is 2.51. The zero-order valence-corrected chi connectivity index (χ0v) is 16.8. The van der Waals surface area contributed by atoms with Gasteiger partial charge in [-0.15, -0.1) is 0 Å². The van der Waals surface area contributed by atoms with Crippen molar-refractivity contribution < 1.29 is 0 Å². The molecule has 0 heterocycles. The summed E-state index contributed by atoms with van der Waals surface area (Å²) < 4.78 is 0. The highest BCUT2D eigenvalue weighted by atomic mass is 15.2. The van der Waals surface area contributed by atoms with Crippen LogP contribution >= 0.6 is 0 Å². The number of nitrogens with one attached hydrogen (secondary N) is 1. The summed E-state index contributed by atoms with van der Waals surface area (Å²) in [4.78, 5) is 2.23. The number of amidine groups is 1. The molecule has 0 amide bonds. The summed E-state index contributed by atoms with van der Waals surface area (Å²) in [6.07, 6.45) is 0. The highest BCUT2D eigenvalue weighted by molar-refractivity contribution is 5.98. The third-order valence-electron chi connectivity index (χ3n) is 6.57. The minimum absolute atomic E-state index is 0.335. The summed E-state index contributed by atoms with van der Waals surface area (Å²) >= 11 is 0. The van der Waals surface area contributed by atoms with E-state index >= 15 is 0 Å². The molecule has 134 valence electrons. The standard InChI is InChI=1S/C22H36N2/c1-13(2)24(14(3)4)22(23)20-12-10-9-11-19(20)21-17(7)15(5)16(6)18(21)8/h9-18,21,23H,1-8H3. The average Bonchev–Trinajstić information content (AvgIpc) is 2.70. The van der Waals surface area contributed by atoms with Crippen LogP contribution in [0.2, 0.25) is 0 Å². The molecule has 24 heavy (non-hydrogen) atoms. The Morgan fingerprint density at radius 3 is 1.75 bits per heavy atom. The SMILES string of the molecule is CC1C(C)C(C)C(c2ccccc2C(=N)N(C(C)C)C(C)C)C1C. The van der Waals surface area contributed by atoms with Crippen LogP contribution in [0.1, 0.15) is 72.4 Å². The van der Waals surface area contributed by atoms with Gasteiger partial charge >= 0.3 is 0 Å². The van der Waals surface area contributed by atoms with Crippen LogP contribution in [0, 0.1) is 29.1 Å². The predicted octanol–water partition coefficient (Wildman–Crippen LogP) is 5.77. The van der Waals surface area contributed by atoms with E-state index in [4.69, 9.17) is 5.41 Å². The van der Waals surface area contributed by atoms with Gasteiger partial charge in [-0.3, -0.25) is 5.41 Å². The summed E-state index contributed by atoms with van der Waals surface area (Å²) in [5.74, 6) is 4.03. The van der Waals surface area contributed by atoms with E-state index in [9.17, 15) is 0 Å². The summed E-state index contributed by atoms with van der Waals surface area (Å²) in [6.45, 7) is 18.3. The van der Waals surface area contributed by atoms with Crippen molar-refractivity contribution in [1.82, 2.24) is 4.90 Å². The highest BCUT2D eigenvalue weighted by Gasteiger charge is 2.43. The second-order valence-electron chi connectivity index (χ2n) is 8.49. The second kappa shape index (κ2) is 7.29. The van der Waals surface area contributed by atoms with E-state index in [1.165, 1.54) is 5.56 Å². The van der Waals surface area contributed by atoms with E-state index in [2.05, 4.69) is 84.6 Å². The Morgan fingerprint density at radius 1 is 0.833 bits per heavy atom. The van der Waals surface area contributed by atoms with Gasteiger partial charge in [0, 0.05) is 17.6 Å². The van der Waals surface area contributed by atoms with Crippen LogP contribution in [0.4, 0.5) is 0 Å². The first-order valence-corrected chi connectivity index (χ1v) is 9.64. The zero-order valence-electron chi connectivity index (χ0n) is 16.8. The molecule has 1 N–H and O–H groups in total. The van der Waals surface area contributed by atoms with Crippen LogP contribution in [-0.2, 0) is 0 Å². The van der Waals surface area contributed by atoms with Crippen molar-refractivity contribution in [1.29, 1.82) is 5.41 Å². The van der Waals surface area contributed by atoms with Gasteiger partial charge in [-0.25, -0.2) is 0 Å². The van der Waals surface area contributed by atoms with E-state index in [0.29, 0.717) is 35.7 Å². The quantitative estimate of drug-likeness (QED) is 0.551. The fraction of sp³-hybridized carbons (Fsp3) is 0.682. The molecule has 1 aromatic carbocycles. The van der Waals surface area contributed by atoms with E-state index in [0.717, 1.165) is 17.4 Å². The summed E-state index contributed by atoms with van der Waals surface area (Å²) in [7, 11) is 0. The van der Waals surface area contributed by atoms with Crippen molar-refractivity contribution in [3.05, 3.63) is 35.4 Å². The number of hydrogen-bond acceptors (Lipinski definition) is 1. The van der Waals surface area contributed by atoms with E-state index in [-0.39, 0.29) is 0 Å². The Labute approximate surface area is 149 Å². The summed E-state index contributed by atoms with van der Waals surface area (Å²) in [5, 5.41) is 8.91. The fourth-order valence-electron chi connectivity index (χ4n) is 4.91. The number of rotatable bonds is 4. The predicted molar refractivity (Wildman–Crippen MR) is 105 cm³/mol. The molecule has 0 radical (unpaired) electrons. The monoisotopic (exact) mass is 328 g/mol. The molecule has 0 aromatic heterocycles. The van der Waals surface area contributed by atoms with E-state index < -0.39 is 0 Å². The lowest BCUT2D eigenvalue weighted by Gasteiger charge is -2.35. The van der Waals surface area contributed by atoms with E-state index in [1.54, 1.807) is 0 Å². The minimum atomic E-state index is 0.335. The molecule has 0 saturated heterocycles. The third kappa shape index (κ3) is 3.25. The molecule has 2 nitrogen and oxygen atoms in total. The lowest BCUT2D eigenvalue weighted by atomic mass is 9.80. The largest absolute Gasteiger partial charge is 0.352 e. The zero-order chi connectivity index (χ0) is 18.2. The third-order valence-corrected chi connectivity index (χ3v) is 6.57. The lowest BCUT2D eigenvalue weighted by molar-refractivity contribution is 0.290. The second-order valence-corrected chi connectivity index (χ2v) is 8.49. The normalized spacial score (nSPS) is 30.2. The van der Waals surface area contributed by atoms with Crippen molar-refractivity contribution in [2.75, 3.05) is 0 Å². The smallest absolute Gasteiger partial charge is 0.128 e. The van der Waals surface area contributed by atoms with Gasteiger partial charge in [0.2, 0.25) is 0 Å². The Kier molecular flexibility index (Phi) is 5.78. The molecule has 0 bridgehead atoms. The average molecular weight is 329 g/mol. The minimum Gasteiger partial charge on any atom is -0.352 e. The van der Waals surface area contributed by atoms with Crippen molar-refractivity contribution >= 4 is 5.84 Å². The van der Waals surface area contributed by atoms with Gasteiger partial charge in [0.25, 0.3) is 0 Å². The first kappa shape index (κ1) is 19.0. The number of benzene rings is 1. The Bertz CT molecular complexity index is 553. The van der Waals surface area contributed by atoms with Crippen LogP contribution in [-0.4, -0.2) is 22.8 Å². The molecular weight excluding hydrogens is 292 g/mol. The lowest BCUT2D eigenvalue weighted by Crippen LogP contribution is -2.42. The van der Waals surface area contributed by atoms with Crippen LogP contribution in [0.5, 0.6) is 0 Å². The molecule has 2 heteroatoms. The summed E-state index contributed by atoms with van der Waals surface area (Å²) in [6, 6.07) is 9.33. The van der Waals surface area contributed by atoms with Gasteiger partial charge in [-0.2, -0.15) is 0 Å². The maximum atomic E-state index is 8.91. The molecule has 1 aliphatic rings. The first-order valence-electron chi connectivity index (χ1n) is 9.64. The van der Waals surface area contributed by atoms with Crippen molar-refractivity contribution in [3.8, 4) is 0 Å². The van der Waals surface area contributed by atoms with Crippen molar-refractivity contribution in [2.45, 2.75) is 73.4 Å². The van der Waals surface area contributed by atoms with Crippen molar-refractivity contribution in [2.24, 2.45) is 23.7 Å². The Morgan fingerprint density at radius 2 is 1.29 bits per heavy atom. The molecule has 4 atom stereocenters. The number of hydrogen-bond donors (Lipinski definition) is 1. The van der Waals surface area contributed by atoms with Crippen LogP contribution in [0.15, 0.2) is 24.3 Å². The molecule has 1 aliphatic carbocycles. The fourth-order valence-corrected chi connectivity index (χ4v) is 4.91. The molecule has 0 spiro atoms. The highest BCUT2D eigenvalue weighted by Crippen LogP contribution is 2.51. The molecular formula is C22H36N2. The number of nitrogens with zero attached hydrogens (tertiary/aromatic N) is 1. The molecule has 2 rings (SSSR count). The van der Waals surface area contributed by atoms with Gasteiger partial charge in [0.05, 0.1) is 0 Å². The molecule has 1 aromatic rings. The molecule has 4 unspecified atom stereocenters. The van der Waals surface area contributed by atoms with E-state index in [1.807, 2.05) is 0 Å². The van der Waals surface area contributed by atoms with Gasteiger partial charge < -0.3 is 4.90 Å². The maximum absolute atomic E-state index is 8.91. The van der Waals surface area contributed by atoms with Gasteiger partial charge in [0.1, 0.15) is 5.84 Å². The van der Waals surface area contributed by atoms with Crippen LogP contribution in [0.25, 0.3) is 0 Å². The first-order chi connectivity index (χ1) is 11.2. The van der Waals surface area contributed by atoms with Crippen LogP contribution in [0.3, 0.4) is 0 Å². The Hall–Kier alpha value is -1.31. The molecule has 0 aliphatic heterocycles. The van der Waals surface area contributed by atoms with Crippen LogP contribution < -0.4 is 0 Å².